The molecule has 1 N–H and O–H groups in total. The Morgan fingerprint density at radius 3 is 2.04 bits per heavy atom. The summed E-state index contributed by atoms with van der Waals surface area (Å²) in [7, 11) is 0. The summed E-state index contributed by atoms with van der Waals surface area (Å²) >= 11 is 0. The second kappa shape index (κ2) is 8.43. The molecule has 0 saturated heterocycles. The summed E-state index contributed by atoms with van der Waals surface area (Å²) in [6.07, 6.45) is 3.46. The second-order valence-electron chi connectivity index (χ2n) is 6.74. The van der Waals surface area contributed by atoms with Crippen molar-refractivity contribution in [3.8, 4) is 0 Å². The predicted octanol–water partition coefficient (Wildman–Crippen LogP) is 3.25. The number of hydrogen-bond acceptors (Lipinski definition) is 3. The van der Waals surface area contributed by atoms with Crippen LogP contribution in [0.4, 0.5) is 0 Å². The first-order valence-corrected chi connectivity index (χ1v) is 8.89. The third-order valence-corrected chi connectivity index (χ3v) is 4.52. The summed E-state index contributed by atoms with van der Waals surface area (Å²) in [6, 6.07) is 19.8. The van der Waals surface area contributed by atoms with Gasteiger partial charge in [-0.3, -0.25) is 9.48 Å². The van der Waals surface area contributed by atoms with E-state index in [-0.39, 0.29) is 23.8 Å². The molecule has 1 atom stereocenters. The van der Waals surface area contributed by atoms with Crippen molar-refractivity contribution in [1.29, 1.82) is 0 Å². The molecule has 3 rings (SSSR count). The van der Waals surface area contributed by atoms with Gasteiger partial charge in [-0.15, -0.1) is 5.10 Å². The first kappa shape index (κ1) is 17.9. The molecule has 1 amide bonds. The number of hydrogen-bond donors (Lipinski definition) is 1. The Morgan fingerprint density at radius 2 is 1.58 bits per heavy atom. The smallest absolute Gasteiger partial charge is 0.232 e. The van der Waals surface area contributed by atoms with E-state index in [1.807, 2.05) is 66.9 Å². The Hall–Kier alpha value is -2.95. The highest BCUT2D eigenvalue weighted by atomic mass is 16.2. The quantitative estimate of drug-likeness (QED) is 0.713. The van der Waals surface area contributed by atoms with Crippen LogP contribution in [-0.4, -0.2) is 26.9 Å². The maximum Gasteiger partial charge on any atom is 0.232 e. The molecule has 0 aliphatic carbocycles. The Bertz CT molecular complexity index is 761. The molecule has 0 aliphatic rings. The molecular weight excluding hydrogens is 324 g/mol. The lowest BCUT2D eigenvalue weighted by Crippen LogP contribution is -2.44. The van der Waals surface area contributed by atoms with Crippen molar-refractivity contribution < 1.29 is 4.79 Å². The molecule has 0 bridgehead atoms. The van der Waals surface area contributed by atoms with Crippen LogP contribution >= 0.6 is 0 Å². The number of nitrogens with zero attached hydrogens (tertiary/aromatic N) is 3. The van der Waals surface area contributed by atoms with Gasteiger partial charge in [0, 0.05) is 6.20 Å². The fourth-order valence-corrected chi connectivity index (χ4v) is 3.01. The zero-order valence-electron chi connectivity index (χ0n) is 15.1. The van der Waals surface area contributed by atoms with E-state index < -0.39 is 0 Å². The summed E-state index contributed by atoms with van der Waals surface area (Å²) in [4.78, 5) is 13.2. The highest BCUT2D eigenvalue weighted by Gasteiger charge is 2.26. The summed E-state index contributed by atoms with van der Waals surface area (Å²) in [5.74, 6) is -0.0639. The number of rotatable bonds is 7. The molecule has 0 spiro atoms. The van der Waals surface area contributed by atoms with Gasteiger partial charge >= 0.3 is 0 Å². The van der Waals surface area contributed by atoms with E-state index in [0.717, 1.165) is 11.1 Å². The molecule has 5 nitrogen and oxygen atoms in total. The first-order valence-electron chi connectivity index (χ1n) is 8.89. The number of carbonyl (C=O) groups is 1. The average Bonchev–Trinajstić information content (AvgIpc) is 3.16. The van der Waals surface area contributed by atoms with E-state index in [2.05, 4.69) is 29.5 Å². The largest absolute Gasteiger partial charge is 0.350 e. The van der Waals surface area contributed by atoms with E-state index in [4.69, 9.17) is 0 Å². The van der Waals surface area contributed by atoms with Gasteiger partial charge in [0.2, 0.25) is 5.91 Å². The van der Waals surface area contributed by atoms with E-state index in [0.29, 0.717) is 6.54 Å². The van der Waals surface area contributed by atoms with Crippen molar-refractivity contribution in [3.63, 3.8) is 0 Å². The maximum absolute atomic E-state index is 13.2. The lowest BCUT2D eigenvalue weighted by atomic mass is 9.90. The van der Waals surface area contributed by atoms with Crippen LogP contribution in [0.3, 0.4) is 0 Å². The lowest BCUT2D eigenvalue weighted by molar-refractivity contribution is -0.122. The van der Waals surface area contributed by atoms with Gasteiger partial charge in [0.15, 0.2) is 0 Å². The van der Waals surface area contributed by atoms with Gasteiger partial charge in [-0.05, 0) is 17.0 Å². The number of amides is 1. The molecule has 2 aromatic carbocycles. The predicted molar refractivity (Wildman–Crippen MR) is 102 cm³/mol. The zero-order chi connectivity index (χ0) is 18.4. The summed E-state index contributed by atoms with van der Waals surface area (Å²) in [5.41, 5.74) is 1.97. The van der Waals surface area contributed by atoms with Crippen molar-refractivity contribution in [2.24, 2.45) is 5.92 Å². The zero-order valence-corrected chi connectivity index (χ0v) is 15.1. The minimum absolute atomic E-state index is 0.00113. The van der Waals surface area contributed by atoms with Crippen LogP contribution in [0, 0.1) is 5.92 Å². The lowest BCUT2D eigenvalue weighted by Gasteiger charge is -2.26. The second-order valence-corrected chi connectivity index (χ2v) is 6.74. The van der Waals surface area contributed by atoms with Crippen LogP contribution in [0.2, 0.25) is 0 Å². The number of carbonyl (C=O) groups excluding carboxylic acids is 1. The number of aromatic nitrogens is 3. The normalized spacial score (nSPS) is 12.3. The molecular formula is C21H24N4O. The fourth-order valence-electron chi connectivity index (χ4n) is 3.01. The molecule has 134 valence electrons. The van der Waals surface area contributed by atoms with E-state index >= 15 is 0 Å². The van der Waals surface area contributed by atoms with Crippen LogP contribution in [0.1, 0.15) is 30.9 Å². The Kier molecular flexibility index (Phi) is 5.79. The number of benzene rings is 2. The van der Waals surface area contributed by atoms with Crippen LogP contribution in [-0.2, 0) is 11.3 Å². The van der Waals surface area contributed by atoms with Crippen molar-refractivity contribution >= 4 is 5.91 Å². The molecule has 0 aliphatic heterocycles. The van der Waals surface area contributed by atoms with Gasteiger partial charge in [-0.2, -0.15) is 0 Å². The van der Waals surface area contributed by atoms with Gasteiger partial charge in [-0.25, -0.2) is 0 Å². The van der Waals surface area contributed by atoms with E-state index in [1.54, 1.807) is 10.9 Å². The van der Waals surface area contributed by atoms with Gasteiger partial charge in [-0.1, -0.05) is 79.7 Å². The summed E-state index contributed by atoms with van der Waals surface area (Å²) in [5, 5.41) is 11.1. The molecule has 0 fully saturated rings. The van der Waals surface area contributed by atoms with E-state index in [1.165, 1.54) is 0 Å². The topological polar surface area (TPSA) is 59.8 Å². The minimum atomic E-state index is -0.339. The van der Waals surface area contributed by atoms with Gasteiger partial charge in [0.05, 0.1) is 24.7 Å². The molecule has 0 unspecified atom stereocenters. The molecule has 5 heteroatoms. The third kappa shape index (κ3) is 4.36. The van der Waals surface area contributed by atoms with Crippen molar-refractivity contribution in [3.05, 3.63) is 84.2 Å². The van der Waals surface area contributed by atoms with Gasteiger partial charge < -0.3 is 5.32 Å². The number of nitrogens with one attached hydrogen (secondary N) is 1. The third-order valence-electron chi connectivity index (χ3n) is 4.52. The van der Waals surface area contributed by atoms with Crippen LogP contribution in [0.15, 0.2) is 73.1 Å². The Morgan fingerprint density at radius 1 is 1.00 bits per heavy atom. The molecule has 0 radical (unpaired) electrons. The Labute approximate surface area is 154 Å². The monoisotopic (exact) mass is 348 g/mol. The molecule has 3 aromatic rings. The minimum Gasteiger partial charge on any atom is -0.350 e. The highest BCUT2D eigenvalue weighted by molar-refractivity contribution is 5.87. The standard InChI is InChI=1S/C21H24N4O/c1-16(2)19(15-25-14-13-22-24-25)23-21(26)20(17-9-5-3-6-10-17)18-11-7-4-8-12-18/h3-14,16,19-20H,15H2,1-2H3,(H,23,26)/t19-/m0/s1. The first-order chi connectivity index (χ1) is 12.6. The van der Waals surface area contributed by atoms with Crippen LogP contribution < -0.4 is 5.32 Å². The SMILES string of the molecule is CC(C)[C@H](Cn1ccnn1)NC(=O)C(c1ccccc1)c1ccccc1. The summed E-state index contributed by atoms with van der Waals surface area (Å²) in [6.45, 7) is 4.80. The van der Waals surface area contributed by atoms with Crippen molar-refractivity contribution in [1.82, 2.24) is 20.3 Å². The molecule has 1 heterocycles. The van der Waals surface area contributed by atoms with Crippen molar-refractivity contribution in [2.75, 3.05) is 0 Å². The van der Waals surface area contributed by atoms with Crippen LogP contribution in [0.25, 0.3) is 0 Å². The summed E-state index contributed by atoms with van der Waals surface area (Å²) < 4.78 is 1.75. The maximum atomic E-state index is 13.2. The molecule has 0 saturated carbocycles. The van der Waals surface area contributed by atoms with Crippen molar-refractivity contribution in [2.45, 2.75) is 32.4 Å². The average molecular weight is 348 g/mol. The Balaban J connectivity index is 1.85. The van der Waals surface area contributed by atoms with Gasteiger partial charge in [0.25, 0.3) is 0 Å². The fraction of sp³-hybridized carbons (Fsp3) is 0.286. The van der Waals surface area contributed by atoms with E-state index in [9.17, 15) is 4.79 Å². The van der Waals surface area contributed by atoms with Crippen LogP contribution in [0.5, 0.6) is 0 Å². The van der Waals surface area contributed by atoms with Gasteiger partial charge in [0.1, 0.15) is 0 Å². The highest BCUT2D eigenvalue weighted by Crippen LogP contribution is 2.25. The molecule has 26 heavy (non-hydrogen) atoms. The molecule has 1 aromatic heterocycles.